The van der Waals surface area contributed by atoms with Crippen LogP contribution in [0.25, 0.3) is 0 Å². The minimum Gasteiger partial charge on any atom is -0.480 e. The van der Waals surface area contributed by atoms with Crippen LogP contribution in [0.5, 0.6) is 0 Å². The number of halogens is 2. The Bertz CT molecular complexity index is 1060. The molecule has 0 radical (unpaired) electrons. The molecule has 0 aromatic carbocycles. The Hall–Kier alpha value is -2.42. The van der Waals surface area contributed by atoms with Gasteiger partial charge in [0, 0.05) is 49.8 Å². The van der Waals surface area contributed by atoms with Crippen molar-refractivity contribution in [2.75, 3.05) is 25.1 Å². The third-order valence-corrected chi connectivity index (χ3v) is 7.17. The second-order valence-electron chi connectivity index (χ2n) is 9.12. The Balaban J connectivity index is 1.19. The van der Waals surface area contributed by atoms with E-state index in [9.17, 15) is 14.7 Å². The molecule has 3 N–H and O–H groups in total. The molecule has 35 heavy (non-hydrogen) atoms. The molecule has 10 heteroatoms. The molecule has 1 atom stereocenters. The maximum absolute atomic E-state index is 13.0. The van der Waals surface area contributed by atoms with Gasteiger partial charge in [0.25, 0.3) is 0 Å². The van der Waals surface area contributed by atoms with Crippen LogP contribution < -0.4 is 10.6 Å². The predicted molar refractivity (Wildman–Crippen MR) is 134 cm³/mol. The maximum Gasteiger partial charge on any atom is 0.326 e. The van der Waals surface area contributed by atoms with E-state index in [1.54, 1.807) is 0 Å². The molecular formula is C25H30Cl2N4O4. The van der Waals surface area contributed by atoms with Crippen molar-refractivity contribution in [3.8, 4) is 0 Å². The molecule has 1 aliphatic carbocycles. The van der Waals surface area contributed by atoms with Gasteiger partial charge in [-0.05, 0) is 56.6 Å². The first-order valence-corrected chi connectivity index (χ1v) is 12.8. The highest BCUT2D eigenvalue weighted by molar-refractivity contribution is 6.36. The number of nitrogens with one attached hydrogen (secondary N) is 2. The van der Waals surface area contributed by atoms with Crippen molar-refractivity contribution < 1.29 is 19.4 Å². The van der Waals surface area contributed by atoms with E-state index < -0.39 is 17.4 Å². The molecule has 3 heterocycles. The first-order valence-electron chi connectivity index (χ1n) is 12.0. The van der Waals surface area contributed by atoms with Gasteiger partial charge >= 0.3 is 5.97 Å². The zero-order chi connectivity index (χ0) is 24.8. The number of unbranched alkanes of at least 4 members (excludes halogenated alkanes) is 1. The van der Waals surface area contributed by atoms with E-state index in [0.29, 0.717) is 35.1 Å². The first-order chi connectivity index (χ1) is 16.9. The number of fused-ring (bicyclic) bond motifs is 1. The Morgan fingerprint density at radius 3 is 2.66 bits per heavy atom. The lowest BCUT2D eigenvalue weighted by Gasteiger charge is -2.21. The number of aryl methyl sites for hydroxylation is 2. The maximum atomic E-state index is 13.0. The van der Waals surface area contributed by atoms with Crippen LogP contribution in [0.1, 0.15) is 55.3 Å². The van der Waals surface area contributed by atoms with Gasteiger partial charge in [-0.2, -0.15) is 0 Å². The number of aliphatic carboxylic acids is 1. The molecule has 2 aromatic rings. The van der Waals surface area contributed by atoms with Gasteiger partial charge in [-0.3, -0.25) is 9.78 Å². The Morgan fingerprint density at radius 2 is 1.94 bits per heavy atom. The molecule has 1 fully saturated rings. The number of anilines is 1. The number of carbonyl (C=O) groups excluding carboxylic acids is 1. The number of pyridine rings is 2. The van der Waals surface area contributed by atoms with Gasteiger partial charge in [0.2, 0.25) is 5.91 Å². The first kappa shape index (κ1) is 25.7. The topological polar surface area (TPSA) is 113 Å². The molecule has 0 saturated heterocycles. The van der Waals surface area contributed by atoms with Gasteiger partial charge in [0.1, 0.15) is 11.9 Å². The predicted octanol–water partition coefficient (Wildman–Crippen LogP) is 4.17. The fourth-order valence-corrected chi connectivity index (χ4v) is 5.19. The second kappa shape index (κ2) is 11.5. The number of hydrogen-bond acceptors (Lipinski definition) is 6. The molecular weight excluding hydrogens is 491 g/mol. The number of nitrogens with zero attached hydrogens (tertiary/aromatic N) is 2. The van der Waals surface area contributed by atoms with Crippen molar-refractivity contribution in [2.24, 2.45) is 0 Å². The molecule has 1 saturated carbocycles. The van der Waals surface area contributed by atoms with Gasteiger partial charge in [-0.15, -0.1) is 0 Å². The van der Waals surface area contributed by atoms with Gasteiger partial charge in [0.15, 0.2) is 0 Å². The largest absolute Gasteiger partial charge is 0.480 e. The molecule has 2 aliphatic rings. The zero-order valence-corrected chi connectivity index (χ0v) is 21.0. The van der Waals surface area contributed by atoms with E-state index in [-0.39, 0.29) is 18.9 Å². The number of amides is 1. The minimum absolute atomic E-state index is 0.174. The molecule has 2 aromatic heterocycles. The van der Waals surface area contributed by atoms with Crippen LogP contribution in [0.4, 0.5) is 5.82 Å². The number of carbonyl (C=O) groups is 2. The van der Waals surface area contributed by atoms with Gasteiger partial charge < -0.3 is 20.5 Å². The highest BCUT2D eigenvalue weighted by Crippen LogP contribution is 2.52. The van der Waals surface area contributed by atoms with E-state index in [1.807, 2.05) is 0 Å². The number of hydrogen-bond donors (Lipinski definition) is 3. The summed E-state index contributed by atoms with van der Waals surface area (Å²) >= 11 is 12.5. The third-order valence-electron chi connectivity index (χ3n) is 6.59. The lowest BCUT2D eigenvalue weighted by molar-refractivity contribution is -0.142. The number of aromatic nitrogens is 2. The summed E-state index contributed by atoms with van der Waals surface area (Å²) in [5.41, 5.74) is 1.96. The van der Waals surface area contributed by atoms with Crippen molar-refractivity contribution in [1.29, 1.82) is 0 Å². The van der Waals surface area contributed by atoms with Gasteiger partial charge in [-0.1, -0.05) is 29.3 Å². The normalized spacial score (nSPS) is 16.6. The van der Waals surface area contributed by atoms with Crippen molar-refractivity contribution in [2.45, 2.75) is 62.8 Å². The van der Waals surface area contributed by atoms with Crippen LogP contribution in [0.3, 0.4) is 0 Å². The highest BCUT2D eigenvalue weighted by Gasteiger charge is 2.54. The van der Waals surface area contributed by atoms with Crippen molar-refractivity contribution in [3.63, 3.8) is 0 Å². The summed E-state index contributed by atoms with van der Waals surface area (Å²) in [4.78, 5) is 33.3. The summed E-state index contributed by atoms with van der Waals surface area (Å²) < 4.78 is 5.65. The minimum atomic E-state index is -1.10. The fraction of sp³-hybridized carbons (Fsp3) is 0.520. The monoisotopic (exact) mass is 520 g/mol. The molecule has 188 valence electrons. The summed E-state index contributed by atoms with van der Waals surface area (Å²) in [6, 6.07) is 3.20. The number of carboxylic acids is 1. The molecule has 8 nitrogen and oxygen atoms in total. The van der Waals surface area contributed by atoms with E-state index in [0.717, 1.165) is 50.2 Å². The van der Waals surface area contributed by atoms with E-state index >= 15 is 0 Å². The van der Waals surface area contributed by atoms with Crippen LogP contribution in [0.2, 0.25) is 10.0 Å². The van der Waals surface area contributed by atoms with Crippen molar-refractivity contribution >= 4 is 40.9 Å². The Labute approximate surface area is 214 Å². The number of rotatable bonds is 12. The Morgan fingerprint density at radius 1 is 1.17 bits per heavy atom. The van der Waals surface area contributed by atoms with E-state index in [1.165, 1.54) is 18.0 Å². The highest BCUT2D eigenvalue weighted by atomic mass is 35.5. The van der Waals surface area contributed by atoms with E-state index in [2.05, 4.69) is 27.8 Å². The summed E-state index contributed by atoms with van der Waals surface area (Å²) in [5, 5.41) is 16.2. The molecule has 4 rings (SSSR count). The van der Waals surface area contributed by atoms with Gasteiger partial charge in [-0.25, -0.2) is 9.78 Å². The van der Waals surface area contributed by atoms with Crippen LogP contribution in [-0.2, 0) is 32.6 Å². The smallest absolute Gasteiger partial charge is 0.326 e. The van der Waals surface area contributed by atoms with E-state index in [4.69, 9.17) is 32.9 Å². The summed E-state index contributed by atoms with van der Waals surface area (Å²) in [5.74, 6) is -0.475. The lowest BCUT2D eigenvalue weighted by Crippen LogP contribution is -2.46. The van der Waals surface area contributed by atoms with Crippen molar-refractivity contribution in [3.05, 3.63) is 51.4 Å². The van der Waals surface area contributed by atoms with Gasteiger partial charge in [0.05, 0.1) is 15.5 Å². The molecule has 0 spiro atoms. The summed E-state index contributed by atoms with van der Waals surface area (Å²) in [6.45, 7) is 1.74. The summed E-state index contributed by atoms with van der Waals surface area (Å²) in [7, 11) is 0. The summed E-state index contributed by atoms with van der Waals surface area (Å²) in [6.07, 6.45) is 9.04. The quantitative estimate of drug-likeness (QED) is 0.359. The lowest BCUT2D eigenvalue weighted by atomic mass is 9.95. The SMILES string of the molecule is O=C(O)[C@H](CCOCCCCc1ccc2c(n1)NCCC2)NC(=O)C1(c2c(Cl)cncc2Cl)CC1. The average Bonchev–Trinajstić information content (AvgIpc) is 3.64. The average molecular weight is 521 g/mol. The van der Waals surface area contributed by atoms with Crippen LogP contribution in [0, 0.1) is 0 Å². The second-order valence-corrected chi connectivity index (χ2v) is 9.94. The van der Waals surface area contributed by atoms with Crippen LogP contribution >= 0.6 is 23.2 Å². The fourth-order valence-electron chi connectivity index (χ4n) is 4.46. The molecule has 0 unspecified atom stereocenters. The van der Waals surface area contributed by atoms with Crippen molar-refractivity contribution in [1.82, 2.24) is 15.3 Å². The standard InChI is InChI=1S/C25H30Cl2N4O4/c26-18-14-28-15-19(27)21(18)25(9-10-25)24(34)31-20(23(32)33)8-13-35-12-2-1-5-17-7-6-16-4-3-11-29-22(16)30-17/h6-7,14-15,20H,1-5,8-13H2,(H,29,30)(H,31,34)(H,32,33)/t20-/m0/s1. The molecule has 1 aliphatic heterocycles. The number of carboxylic acid groups (broad SMARTS) is 1. The van der Waals surface area contributed by atoms with Crippen LogP contribution in [0.15, 0.2) is 24.5 Å². The number of ether oxygens (including phenoxy) is 1. The Kier molecular flexibility index (Phi) is 8.46. The molecule has 0 bridgehead atoms. The third kappa shape index (κ3) is 6.23. The van der Waals surface area contributed by atoms with Crippen LogP contribution in [-0.4, -0.2) is 52.8 Å². The molecule has 1 amide bonds. The zero-order valence-electron chi connectivity index (χ0n) is 19.5.